The molecule has 3 rings (SSSR count). The van der Waals surface area contributed by atoms with Gasteiger partial charge in [-0.1, -0.05) is 54.9 Å². The Kier molecular flexibility index (Phi) is 8.23. The SMILES string of the molecule is CCOc1cc(/C=C(\C#N)C(=O)Nc2ccccc2CC)cc(Cl)c1Cc1ccccc1F. The summed E-state index contributed by atoms with van der Waals surface area (Å²) in [6.07, 6.45) is 2.47. The van der Waals surface area contributed by atoms with Crippen LogP contribution in [0.2, 0.25) is 5.02 Å². The van der Waals surface area contributed by atoms with Crippen molar-refractivity contribution in [3.8, 4) is 11.8 Å². The van der Waals surface area contributed by atoms with Gasteiger partial charge in [-0.25, -0.2) is 4.39 Å². The molecule has 0 unspecified atom stereocenters. The van der Waals surface area contributed by atoms with Gasteiger partial charge in [-0.2, -0.15) is 5.26 Å². The van der Waals surface area contributed by atoms with Gasteiger partial charge in [-0.05, 0) is 60.4 Å². The molecule has 0 radical (unpaired) electrons. The number of nitriles is 1. The van der Waals surface area contributed by atoms with E-state index in [-0.39, 0.29) is 17.8 Å². The van der Waals surface area contributed by atoms with Crippen LogP contribution >= 0.6 is 11.6 Å². The summed E-state index contributed by atoms with van der Waals surface area (Å²) in [4.78, 5) is 12.7. The summed E-state index contributed by atoms with van der Waals surface area (Å²) in [6.45, 7) is 4.21. The number of hydrogen-bond acceptors (Lipinski definition) is 3. The zero-order valence-corrected chi connectivity index (χ0v) is 19.2. The van der Waals surface area contributed by atoms with Crippen LogP contribution in [0.25, 0.3) is 6.08 Å². The number of nitrogens with one attached hydrogen (secondary N) is 1. The second kappa shape index (κ2) is 11.3. The molecular formula is C27H24ClFN2O2. The van der Waals surface area contributed by atoms with Gasteiger partial charge >= 0.3 is 0 Å². The molecule has 3 aromatic carbocycles. The first-order valence-corrected chi connectivity index (χ1v) is 11.0. The van der Waals surface area contributed by atoms with E-state index in [4.69, 9.17) is 16.3 Å². The molecule has 0 fully saturated rings. The standard InChI is InChI=1S/C27H24ClFN2O2/c1-3-19-9-6-8-12-25(19)31-27(32)21(17-30)13-18-14-23(28)22(26(15-18)33-4-2)16-20-10-5-7-11-24(20)29/h5-15H,3-4,16H2,1-2H3,(H,31,32)/b21-13+. The first kappa shape index (κ1) is 24.0. The van der Waals surface area contributed by atoms with Crippen LogP contribution in [0.3, 0.4) is 0 Å². The topological polar surface area (TPSA) is 62.1 Å². The first-order chi connectivity index (χ1) is 16.0. The normalized spacial score (nSPS) is 11.1. The third kappa shape index (κ3) is 6.00. The molecule has 0 aliphatic rings. The molecule has 3 aromatic rings. The first-order valence-electron chi connectivity index (χ1n) is 10.7. The quantitative estimate of drug-likeness (QED) is 0.304. The number of carbonyl (C=O) groups excluding carboxylic acids is 1. The Morgan fingerprint density at radius 2 is 1.82 bits per heavy atom. The van der Waals surface area contributed by atoms with Gasteiger partial charge in [0.05, 0.1) is 6.61 Å². The highest BCUT2D eigenvalue weighted by atomic mass is 35.5. The number of aryl methyl sites for hydroxylation is 1. The fourth-order valence-electron chi connectivity index (χ4n) is 3.46. The van der Waals surface area contributed by atoms with Gasteiger partial charge in [-0.15, -0.1) is 0 Å². The van der Waals surface area contributed by atoms with E-state index in [1.54, 1.807) is 36.4 Å². The van der Waals surface area contributed by atoms with Crippen LogP contribution < -0.4 is 10.1 Å². The largest absolute Gasteiger partial charge is 0.494 e. The van der Waals surface area contributed by atoms with Crippen LogP contribution in [-0.4, -0.2) is 12.5 Å². The van der Waals surface area contributed by atoms with E-state index in [2.05, 4.69) is 5.32 Å². The number of carbonyl (C=O) groups is 1. The zero-order chi connectivity index (χ0) is 23.8. The van der Waals surface area contributed by atoms with Gasteiger partial charge in [0.1, 0.15) is 23.2 Å². The number of hydrogen-bond donors (Lipinski definition) is 1. The fraction of sp³-hybridized carbons (Fsp3) is 0.185. The summed E-state index contributed by atoms with van der Waals surface area (Å²) in [5.41, 5.74) is 3.25. The maximum Gasteiger partial charge on any atom is 0.266 e. The van der Waals surface area contributed by atoms with Crippen LogP contribution in [0.4, 0.5) is 10.1 Å². The summed E-state index contributed by atoms with van der Waals surface area (Å²) in [6, 6.07) is 19.2. The van der Waals surface area contributed by atoms with Crippen LogP contribution in [-0.2, 0) is 17.6 Å². The highest BCUT2D eigenvalue weighted by Gasteiger charge is 2.16. The second-order valence-corrected chi connectivity index (χ2v) is 7.72. The maximum absolute atomic E-state index is 14.2. The van der Waals surface area contributed by atoms with E-state index in [0.717, 1.165) is 12.0 Å². The molecule has 1 N–H and O–H groups in total. The molecule has 33 heavy (non-hydrogen) atoms. The Balaban J connectivity index is 1.93. The van der Waals surface area contributed by atoms with Crippen molar-refractivity contribution < 1.29 is 13.9 Å². The van der Waals surface area contributed by atoms with Gasteiger partial charge in [-0.3, -0.25) is 4.79 Å². The predicted octanol–water partition coefficient (Wildman–Crippen LogP) is 6.58. The average molecular weight is 463 g/mol. The highest BCUT2D eigenvalue weighted by Crippen LogP contribution is 2.32. The van der Waals surface area contributed by atoms with E-state index in [0.29, 0.717) is 39.8 Å². The molecule has 168 valence electrons. The molecule has 0 atom stereocenters. The van der Waals surface area contributed by atoms with Gasteiger partial charge in [0.25, 0.3) is 5.91 Å². The lowest BCUT2D eigenvalue weighted by atomic mass is 10.0. The molecule has 6 heteroatoms. The number of ether oxygens (including phenoxy) is 1. The van der Waals surface area contributed by atoms with Crippen molar-refractivity contribution in [1.82, 2.24) is 0 Å². The summed E-state index contributed by atoms with van der Waals surface area (Å²) >= 11 is 6.53. The van der Waals surface area contributed by atoms with E-state index in [1.165, 1.54) is 12.1 Å². The minimum Gasteiger partial charge on any atom is -0.494 e. The van der Waals surface area contributed by atoms with Crippen molar-refractivity contribution in [2.75, 3.05) is 11.9 Å². The number of halogens is 2. The van der Waals surface area contributed by atoms with E-state index in [1.807, 2.05) is 38.1 Å². The minimum absolute atomic E-state index is 0.0683. The van der Waals surface area contributed by atoms with Crippen molar-refractivity contribution in [3.05, 3.63) is 99.3 Å². The Bertz CT molecular complexity index is 1230. The Labute approximate surface area is 198 Å². The zero-order valence-electron chi connectivity index (χ0n) is 18.5. The van der Waals surface area contributed by atoms with Crippen LogP contribution in [0.15, 0.2) is 66.2 Å². The van der Waals surface area contributed by atoms with E-state index in [9.17, 15) is 14.4 Å². The van der Waals surface area contributed by atoms with Gasteiger partial charge in [0, 0.05) is 22.7 Å². The number of rotatable bonds is 8. The summed E-state index contributed by atoms with van der Waals surface area (Å²) < 4.78 is 19.9. The number of nitrogens with zero attached hydrogens (tertiary/aromatic N) is 1. The van der Waals surface area contributed by atoms with Gasteiger partial charge < -0.3 is 10.1 Å². The Hall–Kier alpha value is -3.62. The van der Waals surface area contributed by atoms with Crippen molar-refractivity contribution in [1.29, 1.82) is 5.26 Å². The van der Waals surface area contributed by atoms with Crippen molar-refractivity contribution >= 4 is 29.3 Å². The molecule has 0 spiro atoms. The number of benzene rings is 3. The lowest BCUT2D eigenvalue weighted by Crippen LogP contribution is -2.14. The van der Waals surface area contributed by atoms with E-state index >= 15 is 0 Å². The summed E-state index contributed by atoms with van der Waals surface area (Å²) in [5.74, 6) is -0.354. The van der Waals surface area contributed by atoms with Crippen LogP contribution in [0.5, 0.6) is 5.75 Å². The van der Waals surface area contributed by atoms with E-state index < -0.39 is 5.91 Å². The number of para-hydroxylation sites is 1. The predicted molar refractivity (Wildman–Crippen MR) is 130 cm³/mol. The molecule has 0 aliphatic carbocycles. The van der Waals surface area contributed by atoms with Crippen LogP contribution in [0.1, 0.15) is 36.1 Å². The van der Waals surface area contributed by atoms with Gasteiger partial charge in [0.2, 0.25) is 0 Å². The molecule has 0 heterocycles. The van der Waals surface area contributed by atoms with Gasteiger partial charge in [0.15, 0.2) is 0 Å². The summed E-state index contributed by atoms with van der Waals surface area (Å²) in [5, 5.41) is 12.8. The Morgan fingerprint density at radius 1 is 1.12 bits per heavy atom. The smallest absolute Gasteiger partial charge is 0.266 e. The third-order valence-electron chi connectivity index (χ3n) is 5.12. The Morgan fingerprint density at radius 3 is 2.48 bits per heavy atom. The molecule has 0 aliphatic heterocycles. The van der Waals surface area contributed by atoms with Crippen LogP contribution in [0, 0.1) is 17.1 Å². The van der Waals surface area contributed by atoms with Crippen molar-refractivity contribution in [2.24, 2.45) is 0 Å². The molecule has 1 amide bonds. The fourth-order valence-corrected chi connectivity index (χ4v) is 3.74. The van der Waals surface area contributed by atoms with Crippen molar-refractivity contribution in [2.45, 2.75) is 26.7 Å². The third-order valence-corrected chi connectivity index (χ3v) is 5.46. The average Bonchev–Trinajstić information content (AvgIpc) is 2.81. The second-order valence-electron chi connectivity index (χ2n) is 7.32. The lowest BCUT2D eigenvalue weighted by molar-refractivity contribution is -0.112. The molecular weight excluding hydrogens is 439 g/mol. The monoisotopic (exact) mass is 462 g/mol. The molecule has 0 bridgehead atoms. The highest BCUT2D eigenvalue weighted by molar-refractivity contribution is 6.31. The molecule has 4 nitrogen and oxygen atoms in total. The molecule has 0 aromatic heterocycles. The lowest BCUT2D eigenvalue weighted by Gasteiger charge is -2.14. The molecule has 0 saturated heterocycles. The van der Waals surface area contributed by atoms with Crippen molar-refractivity contribution in [3.63, 3.8) is 0 Å². The maximum atomic E-state index is 14.2. The minimum atomic E-state index is -0.511. The molecule has 0 saturated carbocycles. The summed E-state index contributed by atoms with van der Waals surface area (Å²) in [7, 11) is 0. The number of amides is 1. The number of anilines is 1.